The number of sulfonamides is 1. The molecule has 7 heteroatoms. The monoisotopic (exact) mass is 309 g/mol. The van der Waals surface area contributed by atoms with E-state index in [4.69, 9.17) is 0 Å². The van der Waals surface area contributed by atoms with Crippen molar-refractivity contribution in [3.8, 4) is 0 Å². The van der Waals surface area contributed by atoms with E-state index in [9.17, 15) is 13.5 Å². The predicted octanol–water partition coefficient (Wildman–Crippen LogP) is 0.971. The van der Waals surface area contributed by atoms with Crippen molar-refractivity contribution in [3.63, 3.8) is 0 Å². The lowest BCUT2D eigenvalue weighted by Crippen LogP contribution is -2.28. The molecule has 2 rings (SSSR count). The highest BCUT2D eigenvalue weighted by Gasteiger charge is 2.18. The van der Waals surface area contributed by atoms with Crippen LogP contribution in [0.3, 0.4) is 0 Å². The first-order valence-corrected chi connectivity index (χ1v) is 8.10. The fourth-order valence-corrected chi connectivity index (χ4v) is 3.46. The maximum atomic E-state index is 12.4. The minimum absolute atomic E-state index is 0.184. The van der Waals surface area contributed by atoms with Crippen LogP contribution < -0.4 is 4.72 Å². The van der Waals surface area contributed by atoms with Crippen LogP contribution >= 0.6 is 0 Å². The van der Waals surface area contributed by atoms with Crippen LogP contribution in [-0.4, -0.2) is 29.8 Å². The van der Waals surface area contributed by atoms with Crippen LogP contribution in [0.1, 0.15) is 16.7 Å². The van der Waals surface area contributed by atoms with Gasteiger partial charge >= 0.3 is 0 Å². The van der Waals surface area contributed by atoms with E-state index in [1.54, 1.807) is 36.1 Å². The number of aliphatic hydroxyl groups is 1. The van der Waals surface area contributed by atoms with Crippen molar-refractivity contribution in [2.75, 3.05) is 6.54 Å². The van der Waals surface area contributed by atoms with Crippen molar-refractivity contribution >= 4 is 10.0 Å². The number of rotatable bonds is 6. The van der Waals surface area contributed by atoms with Crippen molar-refractivity contribution in [1.29, 1.82) is 0 Å². The first-order valence-electron chi connectivity index (χ1n) is 6.62. The maximum Gasteiger partial charge on any atom is 0.240 e. The van der Waals surface area contributed by atoms with Crippen LogP contribution in [0.25, 0.3) is 0 Å². The summed E-state index contributed by atoms with van der Waals surface area (Å²) in [6.45, 7) is 4.13. The Kier molecular flexibility index (Phi) is 4.76. The van der Waals surface area contributed by atoms with Gasteiger partial charge in [0.05, 0.1) is 18.0 Å². The van der Waals surface area contributed by atoms with E-state index in [-0.39, 0.29) is 18.0 Å². The van der Waals surface area contributed by atoms with Gasteiger partial charge < -0.3 is 5.11 Å². The molecule has 2 N–H and O–H groups in total. The number of benzene rings is 1. The van der Waals surface area contributed by atoms with Crippen LogP contribution in [-0.2, 0) is 23.2 Å². The molecule has 0 aliphatic carbocycles. The van der Waals surface area contributed by atoms with Gasteiger partial charge in [-0.15, -0.1) is 0 Å². The molecule has 0 amide bonds. The molecule has 6 nitrogen and oxygen atoms in total. The van der Waals surface area contributed by atoms with Gasteiger partial charge in [-0.2, -0.15) is 5.10 Å². The summed E-state index contributed by atoms with van der Waals surface area (Å²) in [5.41, 5.74) is 2.12. The summed E-state index contributed by atoms with van der Waals surface area (Å²) < 4.78 is 29.0. The molecule has 1 heterocycles. The van der Waals surface area contributed by atoms with Crippen LogP contribution in [0.4, 0.5) is 0 Å². The zero-order valence-electron chi connectivity index (χ0n) is 12.1. The van der Waals surface area contributed by atoms with Gasteiger partial charge in [-0.1, -0.05) is 6.07 Å². The Morgan fingerprint density at radius 1 is 1.33 bits per heavy atom. The Hall–Kier alpha value is -1.70. The summed E-state index contributed by atoms with van der Waals surface area (Å²) in [5.74, 6) is 0. The minimum Gasteiger partial charge on any atom is -0.392 e. The SMILES string of the molecule is Cc1cc(CO)cc(S(=O)(=O)NCCn2cccn2)c1C. The molecule has 0 aliphatic rings. The smallest absolute Gasteiger partial charge is 0.240 e. The number of aryl methyl sites for hydroxylation is 1. The molecule has 0 saturated heterocycles. The number of aromatic nitrogens is 2. The average molecular weight is 309 g/mol. The third-order valence-corrected chi connectivity index (χ3v) is 4.93. The van der Waals surface area contributed by atoms with Gasteiger partial charge in [0.2, 0.25) is 10.0 Å². The van der Waals surface area contributed by atoms with Gasteiger partial charge in [0, 0.05) is 18.9 Å². The average Bonchev–Trinajstić information content (AvgIpc) is 2.94. The molecule has 0 atom stereocenters. The number of hydrogen-bond acceptors (Lipinski definition) is 4. The van der Waals surface area contributed by atoms with Gasteiger partial charge in [0.1, 0.15) is 0 Å². The molecule has 114 valence electrons. The Morgan fingerprint density at radius 3 is 2.71 bits per heavy atom. The van der Waals surface area contributed by atoms with Gasteiger partial charge in [-0.3, -0.25) is 4.68 Å². The predicted molar refractivity (Wildman–Crippen MR) is 79.3 cm³/mol. The van der Waals surface area contributed by atoms with Gasteiger partial charge in [-0.05, 0) is 42.7 Å². The van der Waals surface area contributed by atoms with E-state index in [0.717, 1.165) is 5.56 Å². The van der Waals surface area contributed by atoms with E-state index in [2.05, 4.69) is 9.82 Å². The van der Waals surface area contributed by atoms with Crippen molar-refractivity contribution in [3.05, 3.63) is 47.3 Å². The number of aliphatic hydroxyl groups excluding tert-OH is 1. The molecule has 1 aromatic carbocycles. The third kappa shape index (κ3) is 3.69. The fraction of sp³-hybridized carbons (Fsp3) is 0.357. The normalized spacial score (nSPS) is 11.8. The highest BCUT2D eigenvalue weighted by atomic mass is 32.2. The van der Waals surface area contributed by atoms with E-state index in [1.807, 2.05) is 6.92 Å². The summed E-state index contributed by atoms with van der Waals surface area (Å²) >= 11 is 0. The summed E-state index contributed by atoms with van der Waals surface area (Å²) in [6, 6.07) is 5.09. The summed E-state index contributed by atoms with van der Waals surface area (Å²) in [6.07, 6.45) is 3.42. The summed E-state index contributed by atoms with van der Waals surface area (Å²) in [7, 11) is -3.60. The molecule has 0 fully saturated rings. The van der Waals surface area contributed by atoms with Crippen LogP contribution in [0.15, 0.2) is 35.5 Å². The molecule has 0 saturated carbocycles. The Balaban J connectivity index is 2.17. The van der Waals surface area contributed by atoms with Crippen molar-refractivity contribution in [1.82, 2.24) is 14.5 Å². The Morgan fingerprint density at radius 2 is 2.10 bits per heavy atom. The van der Waals surface area contributed by atoms with E-state index < -0.39 is 10.0 Å². The minimum atomic E-state index is -3.60. The number of nitrogens with one attached hydrogen (secondary N) is 1. The molecule has 21 heavy (non-hydrogen) atoms. The first-order chi connectivity index (χ1) is 9.94. The van der Waals surface area contributed by atoms with Crippen molar-refractivity contribution < 1.29 is 13.5 Å². The number of hydrogen-bond donors (Lipinski definition) is 2. The molecule has 1 aromatic heterocycles. The van der Waals surface area contributed by atoms with Gasteiger partial charge in [0.15, 0.2) is 0 Å². The van der Waals surface area contributed by atoms with E-state index >= 15 is 0 Å². The van der Waals surface area contributed by atoms with Gasteiger partial charge in [0.25, 0.3) is 0 Å². The highest BCUT2D eigenvalue weighted by molar-refractivity contribution is 7.89. The molecule has 2 aromatic rings. The second-order valence-electron chi connectivity index (χ2n) is 4.86. The molecule has 0 spiro atoms. The quantitative estimate of drug-likeness (QED) is 0.833. The lowest BCUT2D eigenvalue weighted by molar-refractivity contribution is 0.281. The second kappa shape index (κ2) is 6.38. The highest BCUT2D eigenvalue weighted by Crippen LogP contribution is 2.21. The molecular formula is C14H19N3O3S. The number of nitrogens with zero attached hydrogens (tertiary/aromatic N) is 2. The Bertz CT molecular complexity index is 709. The van der Waals surface area contributed by atoms with E-state index in [0.29, 0.717) is 17.7 Å². The fourth-order valence-electron chi connectivity index (χ4n) is 2.07. The van der Waals surface area contributed by atoms with Crippen LogP contribution in [0, 0.1) is 13.8 Å². The Labute approximate surface area is 124 Å². The first kappa shape index (κ1) is 15.7. The summed E-state index contributed by atoms with van der Waals surface area (Å²) in [4.78, 5) is 0.215. The second-order valence-corrected chi connectivity index (χ2v) is 6.60. The molecule has 0 bridgehead atoms. The summed E-state index contributed by atoms with van der Waals surface area (Å²) in [5, 5.41) is 13.2. The van der Waals surface area contributed by atoms with Crippen LogP contribution in [0.2, 0.25) is 0 Å². The van der Waals surface area contributed by atoms with Gasteiger partial charge in [-0.25, -0.2) is 13.1 Å². The standard InChI is InChI=1S/C14H19N3O3S/c1-11-8-13(10-18)9-14(12(11)2)21(19,20)16-5-7-17-6-3-4-15-17/h3-4,6,8-9,16,18H,5,7,10H2,1-2H3. The molecular weight excluding hydrogens is 290 g/mol. The largest absolute Gasteiger partial charge is 0.392 e. The molecule has 0 aliphatic heterocycles. The maximum absolute atomic E-state index is 12.4. The zero-order valence-corrected chi connectivity index (χ0v) is 12.9. The molecule has 0 unspecified atom stereocenters. The van der Waals surface area contributed by atoms with E-state index in [1.165, 1.54) is 6.07 Å². The topological polar surface area (TPSA) is 84.2 Å². The lowest BCUT2D eigenvalue weighted by atomic mass is 10.1. The zero-order chi connectivity index (χ0) is 15.5. The van der Waals surface area contributed by atoms with Crippen molar-refractivity contribution in [2.45, 2.75) is 31.9 Å². The molecule has 0 radical (unpaired) electrons. The third-order valence-electron chi connectivity index (χ3n) is 3.34. The van der Waals surface area contributed by atoms with Crippen molar-refractivity contribution in [2.24, 2.45) is 0 Å². The van der Waals surface area contributed by atoms with Crippen LogP contribution in [0.5, 0.6) is 0 Å². The lowest BCUT2D eigenvalue weighted by Gasteiger charge is -2.13.